The van der Waals surface area contributed by atoms with E-state index < -0.39 is 0 Å². The topological polar surface area (TPSA) is 59.2 Å². The summed E-state index contributed by atoms with van der Waals surface area (Å²) in [7, 11) is 0. The maximum absolute atomic E-state index is 12.2. The second-order valence-corrected chi connectivity index (χ2v) is 4.42. The second kappa shape index (κ2) is 5.20. The van der Waals surface area contributed by atoms with Crippen molar-refractivity contribution in [2.45, 2.75) is 26.4 Å². The van der Waals surface area contributed by atoms with Crippen molar-refractivity contribution in [3.63, 3.8) is 0 Å². The van der Waals surface area contributed by atoms with Gasteiger partial charge < -0.3 is 5.21 Å². The number of benzene rings is 1. The van der Waals surface area contributed by atoms with E-state index >= 15 is 0 Å². The quantitative estimate of drug-likeness (QED) is 0.808. The van der Waals surface area contributed by atoms with Crippen LogP contribution < -0.4 is 11.2 Å². The highest BCUT2D eigenvalue weighted by Gasteiger charge is 2.10. The number of hydrogen-bond donors (Lipinski definition) is 2. The Bertz CT molecular complexity index is 584. The third kappa shape index (κ3) is 2.23. The standard InChI is InChI=1S/C13H17N3O2/c1-10(2)15-7-8-16(13(15)17)12-6-4-3-5-11(12)9-14-18/h3-8,10,14,18H,9H2,1-2H3. The van der Waals surface area contributed by atoms with Crippen molar-refractivity contribution in [1.82, 2.24) is 14.6 Å². The first-order chi connectivity index (χ1) is 8.65. The molecule has 0 fully saturated rings. The van der Waals surface area contributed by atoms with Crippen LogP contribution in [-0.4, -0.2) is 14.3 Å². The molecule has 2 aromatic rings. The highest BCUT2D eigenvalue weighted by molar-refractivity contribution is 5.40. The Labute approximate surface area is 105 Å². The van der Waals surface area contributed by atoms with Gasteiger partial charge >= 0.3 is 5.69 Å². The van der Waals surface area contributed by atoms with Crippen LogP contribution in [0.3, 0.4) is 0 Å². The van der Waals surface area contributed by atoms with Gasteiger partial charge in [0, 0.05) is 25.0 Å². The minimum atomic E-state index is -0.0737. The molecular weight excluding hydrogens is 230 g/mol. The van der Waals surface area contributed by atoms with Crippen LogP contribution in [0.4, 0.5) is 0 Å². The number of nitrogens with zero attached hydrogens (tertiary/aromatic N) is 2. The normalized spacial score (nSPS) is 11.1. The van der Waals surface area contributed by atoms with Gasteiger partial charge in [-0.3, -0.25) is 9.13 Å². The molecule has 1 aromatic carbocycles. The van der Waals surface area contributed by atoms with Crippen LogP contribution in [0.25, 0.3) is 5.69 Å². The average molecular weight is 247 g/mol. The van der Waals surface area contributed by atoms with Crippen molar-refractivity contribution >= 4 is 0 Å². The Balaban J connectivity index is 2.52. The van der Waals surface area contributed by atoms with Gasteiger partial charge in [0.2, 0.25) is 0 Å². The lowest BCUT2D eigenvalue weighted by Crippen LogP contribution is -2.25. The van der Waals surface area contributed by atoms with Gasteiger partial charge in [-0.25, -0.2) is 10.3 Å². The van der Waals surface area contributed by atoms with Crippen LogP contribution in [0.1, 0.15) is 25.5 Å². The Morgan fingerprint density at radius 2 is 2.00 bits per heavy atom. The average Bonchev–Trinajstić information content (AvgIpc) is 2.72. The van der Waals surface area contributed by atoms with Crippen LogP contribution in [0.2, 0.25) is 0 Å². The van der Waals surface area contributed by atoms with E-state index in [1.807, 2.05) is 38.1 Å². The molecule has 5 nitrogen and oxygen atoms in total. The molecule has 0 radical (unpaired) electrons. The van der Waals surface area contributed by atoms with E-state index in [9.17, 15) is 4.79 Å². The smallest absolute Gasteiger partial charge is 0.316 e. The molecule has 18 heavy (non-hydrogen) atoms. The summed E-state index contributed by atoms with van der Waals surface area (Å²) in [6, 6.07) is 7.61. The van der Waals surface area contributed by atoms with Crippen molar-refractivity contribution in [2.75, 3.05) is 0 Å². The number of hydrogen-bond acceptors (Lipinski definition) is 3. The predicted octanol–water partition coefficient (Wildman–Crippen LogP) is 1.70. The van der Waals surface area contributed by atoms with E-state index in [4.69, 9.17) is 5.21 Å². The van der Waals surface area contributed by atoms with Crippen LogP contribution >= 0.6 is 0 Å². The highest BCUT2D eigenvalue weighted by atomic mass is 16.5. The molecule has 0 atom stereocenters. The third-order valence-electron chi connectivity index (χ3n) is 2.88. The molecule has 1 aromatic heterocycles. The van der Waals surface area contributed by atoms with Gasteiger partial charge in [-0.15, -0.1) is 0 Å². The molecule has 0 unspecified atom stereocenters. The number of para-hydroxylation sites is 1. The molecule has 5 heteroatoms. The Kier molecular flexibility index (Phi) is 3.64. The minimum Gasteiger partial charge on any atom is -0.316 e. The van der Waals surface area contributed by atoms with Gasteiger partial charge in [0.05, 0.1) is 5.69 Å². The zero-order valence-corrected chi connectivity index (χ0v) is 10.5. The van der Waals surface area contributed by atoms with Gasteiger partial charge in [0.1, 0.15) is 0 Å². The van der Waals surface area contributed by atoms with E-state index in [0.717, 1.165) is 11.3 Å². The molecule has 2 rings (SSSR count). The van der Waals surface area contributed by atoms with Crippen molar-refractivity contribution in [1.29, 1.82) is 0 Å². The highest BCUT2D eigenvalue weighted by Crippen LogP contribution is 2.13. The fraction of sp³-hybridized carbons (Fsp3) is 0.308. The van der Waals surface area contributed by atoms with E-state index in [2.05, 4.69) is 5.48 Å². The lowest BCUT2D eigenvalue weighted by Gasteiger charge is -2.09. The van der Waals surface area contributed by atoms with E-state index in [1.165, 1.54) is 0 Å². The first-order valence-electron chi connectivity index (χ1n) is 5.90. The molecule has 0 amide bonds. The summed E-state index contributed by atoms with van der Waals surface area (Å²) in [4.78, 5) is 12.2. The number of nitrogens with one attached hydrogen (secondary N) is 1. The maximum atomic E-state index is 12.2. The number of imidazole rings is 1. The van der Waals surface area contributed by atoms with Gasteiger partial charge in [-0.05, 0) is 25.5 Å². The summed E-state index contributed by atoms with van der Waals surface area (Å²) in [5, 5.41) is 8.81. The van der Waals surface area contributed by atoms with E-state index in [0.29, 0.717) is 6.54 Å². The molecule has 1 heterocycles. The molecule has 0 bridgehead atoms. The SMILES string of the molecule is CC(C)n1ccn(-c2ccccc2CNO)c1=O. The van der Waals surface area contributed by atoms with Crippen molar-refractivity contribution in [3.05, 3.63) is 52.7 Å². The summed E-state index contributed by atoms with van der Waals surface area (Å²) in [5.74, 6) is 0. The monoisotopic (exact) mass is 247 g/mol. The molecule has 96 valence electrons. The largest absolute Gasteiger partial charge is 0.332 e. The number of rotatable bonds is 4. The molecule has 0 saturated heterocycles. The van der Waals surface area contributed by atoms with Crippen molar-refractivity contribution < 1.29 is 5.21 Å². The zero-order chi connectivity index (χ0) is 13.1. The molecule has 0 aliphatic carbocycles. The van der Waals surface area contributed by atoms with Crippen molar-refractivity contribution in [3.8, 4) is 5.69 Å². The first kappa shape index (κ1) is 12.6. The lowest BCUT2D eigenvalue weighted by molar-refractivity contribution is 0.161. The fourth-order valence-electron chi connectivity index (χ4n) is 1.95. The van der Waals surface area contributed by atoms with Gasteiger partial charge in [-0.2, -0.15) is 0 Å². The zero-order valence-electron chi connectivity index (χ0n) is 10.5. The Hall–Kier alpha value is -1.85. The summed E-state index contributed by atoms with van der Waals surface area (Å²) in [6.07, 6.45) is 3.52. The molecule has 0 aliphatic heterocycles. The van der Waals surface area contributed by atoms with E-state index in [1.54, 1.807) is 21.5 Å². The van der Waals surface area contributed by atoms with Gasteiger partial charge in [-0.1, -0.05) is 18.2 Å². The third-order valence-corrected chi connectivity index (χ3v) is 2.88. The van der Waals surface area contributed by atoms with Gasteiger partial charge in [0.15, 0.2) is 0 Å². The summed E-state index contributed by atoms with van der Waals surface area (Å²) < 4.78 is 3.26. The number of hydroxylamine groups is 1. The number of aromatic nitrogens is 2. The maximum Gasteiger partial charge on any atom is 0.332 e. The molecule has 0 saturated carbocycles. The summed E-state index contributed by atoms with van der Waals surface area (Å²) in [5.41, 5.74) is 3.69. The Morgan fingerprint density at radius 3 is 2.61 bits per heavy atom. The second-order valence-electron chi connectivity index (χ2n) is 4.42. The van der Waals surface area contributed by atoms with E-state index in [-0.39, 0.29) is 11.7 Å². The summed E-state index contributed by atoms with van der Waals surface area (Å²) >= 11 is 0. The van der Waals surface area contributed by atoms with Crippen LogP contribution in [0, 0.1) is 0 Å². The van der Waals surface area contributed by atoms with Gasteiger partial charge in [0.25, 0.3) is 0 Å². The molecule has 0 spiro atoms. The summed E-state index contributed by atoms with van der Waals surface area (Å²) in [6.45, 7) is 4.23. The van der Waals surface area contributed by atoms with Crippen molar-refractivity contribution in [2.24, 2.45) is 0 Å². The predicted molar refractivity (Wildman–Crippen MR) is 69.0 cm³/mol. The molecule has 2 N–H and O–H groups in total. The Morgan fingerprint density at radius 1 is 1.28 bits per heavy atom. The molecule has 0 aliphatic rings. The molecular formula is C13H17N3O2. The van der Waals surface area contributed by atoms with Crippen LogP contribution in [-0.2, 0) is 6.54 Å². The minimum absolute atomic E-state index is 0.0737. The van der Waals surface area contributed by atoms with Crippen LogP contribution in [0.5, 0.6) is 0 Å². The van der Waals surface area contributed by atoms with Crippen LogP contribution in [0.15, 0.2) is 41.5 Å². The lowest BCUT2D eigenvalue weighted by atomic mass is 10.2. The first-order valence-corrected chi connectivity index (χ1v) is 5.90. The fourth-order valence-corrected chi connectivity index (χ4v) is 1.95.